The van der Waals surface area contributed by atoms with Crippen LogP contribution in [0.2, 0.25) is 0 Å². The van der Waals surface area contributed by atoms with Crippen molar-refractivity contribution in [3.63, 3.8) is 0 Å². The predicted molar refractivity (Wildman–Crippen MR) is 121 cm³/mol. The molecular weight excluding hydrogens is 409 g/mol. The highest BCUT2D eigenvalue weighted by molar-refractivity contribution is 5.84. The number of benzene rings is 3. The minimum Gasteiger partial charge on any atom is -0.350 e. The van der Waals surface area contributed by atoms with E-state index in [0.29, 0.717) is 16.6 Å². The van der Waals surface area contributed by atoms with E-state index in [4.69, 9.17) is 0 Å². The van der Waals surface area contributed by atoms with Gasteiger partial charge in [-0.25, -0.2) is 13.8 Å². The second kappa shape index (κ2) is 8.63. The summed E-state index contributed by atoms with van der Waals surface area (Å²) in [6.07, 6.45) is 0. The first-order chi connectivity index (χ1) is 15.4. The zero-order valence-electron chi connectivity index (χ0n) is 17.7. The maximum atomic E-state index is 13.5. The number of fused-ring (bicyclic) bond motifs is 1. The molecule has 1 N–H and O–H groups in total. The van der Waals surface area contributed by atoms with Crippen molar-refractivity contribution in [1.82, 2.24) is 14.5 Å². The van der Waals surface area contributed by atoms with E-state index in [1.807, 2.05) is 13.0 Å². The van der Waals surface area contributed by atoms with Crippen LogP contribution in [0.1, 0.15) is 24.1 Å². The molecule has 7 heteroatoms. The third-order valence-corrected chi connectivity index (χ3v) is 5.40. The van der Waals surface area contributed by atoms with Crippen molar-refractivity contribution < 1.29 is 9.18 Å². The van der Waals surface area contributed by atoms with E-state index in [1.54, 1.807) is 61.5 Å². The second-order valence-electron chi connectivity index (χ2n) is 7.67. The zero-order chi connectivity index (χ0) is 22.8. The Kier molecular flexibility index (Phi) is 5.73. The normalized spacial score (nSPS) is 12.0. The monoisotopic (exact) mass is 431 g/mol. The van der Waals surface area contributed by atoms with Crippen molar-refractivity contribution in [2.75, 3.05) is 0 Å². The van der Waals surface area contributed by atoms with Crippen LogP contribution in [0.5, 0.6) is 0 Å². The summed E-state index contributed by atoms with van der Waals surface area (Å²) in [5.74, 6) is -0.749. The molecule has 3 aromatic carbocycles. The van der Waals surface area contributed by atoms with Crippen molar-refractivity contribution in [3.05, 3.63) is 111 Å². The molecule has 4 rings (SSSR count). The van der Waals surface area contributed by atoms with Crippen molar-refractivity contribution >= 4 is 16.8 Å². The standard InChI is InChI=1S/C25H22FN3O3/c1-16-6-5-7-20(14-16)29-24(31)21-8-3-4-9-22(21)28(25(29)32)17(2)23(30)27-15-18-10-12-19(26)13-11-18/h3-14,17H,15H2,1-2H3,(H,27,30). The molecule has 1 aromatic heterocycles. The van der Waals surface area contributed by atoms with Gasteiger partial charge in [0.2, 0.25) is 5.91 Å². The lowest BCUT2D eigenvalue weighted by atomic mass is 10.2. The highest BCUT2D eigenvalue weighted by atomic mass is 19.1. The smallest absolute Gasteiger partial charge is 0.336 e. The predicted octanol–water partition coefficient (Wildman–Crippen LogP) is 3.48. The Bertz CT molecular complexity index is 1420. The summed E-state index contributed by atoms with van der Waals surface area (Å²) in [4.78, 5) is 39.6. The Labute approximate surface area is 183 Å². The molecule has 0 saturated carbocycles. The zero-order valence-corrected chi connectivity index (χ0v) is 17.7. The third kappa shape index (κ3) is 3.97. The number of carbonyl (C=O) groups excluding carboxylic acids is 1. The van der Waals surface area contributed by atoms with Crippen LogP contribution in [-0.2, 0) is 11.3 Å². The Morgan fingerprint density at radius 3 is 2.44 bits per heavy atom. The van der Waals surface area contributed by atoms with Crippen LogP contribution in [0, 0.1) is 12.7 Å². The molecule has 1 amide bonds. The average Bonchev–Trinajstić information content (AvgIpc) is 2.78. The summed E-state index contributed by atoms with van der Waals surface area (Å²) >= 11 is 0. The Balaban J connectivity index is 1.79. The molecule has 1 atom stereocenters. The summed E-state index contributed by atoms with van der Waals surface area (Å²) in [5, 5.41) is 3.12. The third-order valence-electron chi connectivity index (χ3n) is 5.40. The molecule has 0 aliphatic rings. The first-order valence-electron chi connectivity index (χ1n) is 10.2. The number of rotatable bonds is 5. The molecule has 0 bridgehead atoms. The van der Waals surface area contributed by atoms with Crippen molar-refractivity contribution in [1.29, 1.82) is 0 Å². The lowest BCUT2D eigenvalue weighted by Gasteiger charge is -2.20. The van der Waals surface area contributed by atoms with Gasteiger partial charge in [-0.05, 0) is 61.4 Å². The topological polar surface area (TPSA) is 73.1 Å². The number of aromatic nitrogens is 2. The van der Waals surface area contributed by atoms with E-state index < -0.39 is 23.2 Å². The number of hydrogen-bond donors (Lipinski definition) is 1. The molecule has 1 unspecified atom stereocenters. The van der Waals surface area contributed by atoms with Gasteiger partial charge in [-0.3, -0.25) is 14.2 Å². The molecule has 0 aliphatic heterocycles. The van der Waals surface area contributed by atoms with Crippen molar-refractivity contribution in [3.8, 4) is 5.69 Å². The van der Waals surface area contributed by atoms with Crippen LogP contribution in [0.4, 0.5) is 4.39 Å². The molecule has 6 nitrogen and oxygen atoms in total. The van der Waals surface area contributed by atoms with Gasteiger partial charge >= 0.3 is 5.69 Å². The average molecular weight is 431 g/mol. The van der Waals surface area contributed by atoms with E-state index in [-0.39, 0.29) is 12.4 Å². The SMILES string of the molecule is Cc1cccc(-n2c(=O)c3ccccc3n(C(C)C(=O)NCc3ccc(F)cc3)c2=O)c1. The van der Waals surface area contributed by atoms with E-state index in [2.05, 4.69) is 5.32 Å². The number of amides is 1. The number of halogens is 1. The van der Waals surface area contributed by atoms with Gasteiger partial charge in [-0.15, -0.1) is 0 Å². The van der Waals surface area contributed by atoms with Crippen LogP contribution in [-0.4, -0.2) is 15.0 Å². The Morgan fingerprint density at radius 2 is 1.72 bits per heavy atom. The first kappa shape index (κ1) is 21.2. The van der Waals surface area contributed by atoms with Gasteiger partial charge in [-0.1, -0.05) is 36.4 Å². The second-order valence-corrected chi connectivity index (χ2v) is 7.67. The summed E-state index contributed by atoms with van der Waals surface area (Å²) in [7, 11) is 0. The van der Waals surface area contributed by atoms with E-state index in [9.17, 15) is 18.8 Å². The number of carbonyl (C=O) groups is 1. The number of para-hydroxylation sites is 1. The largest absolute Gasteiger partial charge is 0.350 e. The highest BCUT2D eigenvalue weighted by Gasteiger charge is 2.22. The van der Waals surface area contributed by atoms with E-state index in [1.165, 1.54) is 16.7 Å². The Hall–Kier alpha value is -4.00. The van der Waals surface area contributed by atoms with Crippen molar-refractivity contribution in [2.45, 2.75) is 26.4 Å². The fourth-order valence-corrected chi connectivity index (χ4v) is 3.71. The van der Waals surface area contributed by atoms with Crippen LogP contribution >= 0.6 is 0 Å². The number of nitrogens with one attached hydrogen (secondary N) is 1. The van der Waals surface area contributed by atoms with Gasteiger partial charge in [-0.2, -0.15) is 0 Å². The highest BCUT2D eigenvalue weighted by Crippen LogP contribution is 2.16. The van der Waals surface area contributed by atoms with Crippen LogP contribution < -0.4 is 16.6 Å². The molecule has 0 radical (unpaired) electrons. The molecular formula is C25H22FN3O3. The molecule has 1 heterocycles. The van der Waals surface area contributed by atoms with Gasteiger partial charge in [0.15, 0.2) is 0 Å². The fraction of sp³-hybridized carbons (Fsp3) is 0.160. The minimum atomic E-state index is -0.885. The summed E-state index contributed by atoms with van der Waals surface area (Å²) in [6, 6.07) is 18.7. The number of aryl methyl sites for hydroxylation is 1. The molecule has 32 heavy (non-hydrogen) atoms. The lowest BCUT2D eigenvalue weighted by Crippen LogP contribution is -2.43. The van der Waals surface area contributed by atoms with Gasteiger partial charge in [0.1, 0.15) is 11.9 Å². The summed E-state index contributed by atoms with van der Waals surface area (Å²) in [5.41, 5.74) is 1.43. The van der Waals surface area contributed by atoms with E-state index >= 15 is 0 Å². The molecule has 4 aromatic rings. The van der Waals surface area contributed by atoms with Crippen LogP contribution in [0.3, 0.4) is 0 Å². The Morgan fingerprint density at radius 1 is 1.00 bits per heavy atom. The first-order valence-corrected chi connectivity index (χ1v) is 10.2. The quantitative estimate of drug-likeness (QED) is 0.526. The molecule has 162 valence electrons. The van der Waals surface area contributed by atoms with Crippen molar-refractivity contribution in [2.24, 2.45) is 0 Å². The summed E-state index contributed by atoms with van der Waals surface area (Å²) in [6.45, 7) is 3.67. The molecule has 0 aliphatic carbocycles. The van der Waals surface area contributed by atoms with Gasteiger partial charge < -0.3 is 5.32 Å². The number of hydrogen-bond acceptors (Lipinski definition) is 3. The minimum absolute atomic E-state index is 0.188. The number of nitrogens with zero attached hydrogens (tertiary/aromatic N) is 2. The van der Waals surface area contributed by atoms with Gasteiger partial charge in [0.25, 0.3) is 5.56 Å². The van der Waals surface area contributed by atoms with Gasteiger partial charge in [0, 0.05) is 6.54 Å². The van der Waals surface area contributed by atoms with Gasteiger partial charge in [0.05, 0.1) is 16.6 Å². The molecule has 0 spiro atoms. The maximum absolute atomic E-state index is 13.5. The van der Waals surface area contributed by atoms with Crippen LogP contribution in [0.15, 0.2) is 82.4 Å². The molecule has 0 saturated heterocycles. The van der Waals surface area contributed by atoms with E-state index in [0.717, 1.165) is 15.7 Å². The van der Waals surface area contributed by atoms with Crippen LogP contribution in [0.25, 0.3) is 16.6 Å². The fourth-order valence-electron chi connectivity index (χ4n) is 3.71. The molecule has 0 fully saturated rings. The maximum Gasteiger partial charge on any atom is 0.336 e. The lowest BCUT2D eigenvalue weighted by molar-refractivity contribution is -0.124. The summed E-state index contributed by atoms with van der Waals surface area (Å²) < 4.78 is 15.5.